The van der Waals surface area contributed by atoms with Gasteiger partial charge in [0.05, 0.1) is 24.2 Å². The normalized spacial score (nSPS) is 18.2. The minimum absolute atomic E-state index is 0.183. The highest BCUT2D eigenvalue weighted by Crippen LogP contribution is 2.26. The number of hydrogen-bond acceptors (Lipinski definition) is 5. The van der Waals surface area contributed by atoms with E-state index in [-0.39, 0.29) is 11.9 Å². The van der Waals surface area contributed by atoms with Crippen molar-refractivity contribution in [2.45, 2.75) is 51.2 Å². The van der Waals surface area contributed by atoms with Gasteiger partial charge in [0, 0.05) is 38.3 Å². The molecule has 2 saturated heterocycles. The number of amides is 1. The number of piperidine rings is 2. The van der Waals surface area contributed by atoms with E-state index in [1.165, 1.54) is 12.1 Å². The lowest BCUT2D eigenvalue weighted by molar-refractivity contribution is 0.0674. The summed E-state index contributed by atoms with van der Waals surface area (Å²) in [5, 5.41) is 3.71. The predicted molar refractivity (Wildman–Crippen MR) is 135 cm³/mol. The van der Waals surface area contributed by atoms with Crippen molar-refractivity contribution in [1.82, 2.24) is 19.4 Å². The predicted octanol–water partition coefficient (Wildman–Crippen LogP) is 4.72. The zero-order chi connectivity index (χ0) is 24.2. The second kappa shape index (κ2) is 10.6. The van der Waals surface area contributed by atoms with E-state index in [9.17, 15) is 9.18 Å². The van der Waals surface area contributed by atoms with Gasteiger partial charge in [-0.2, -0.15) is 0 Å². The Balaban J connectivity index is 1.20. The number of imidazole rings is 1. The van der Waals surface area contributed by atoms with Gasteiger partial charge in [-0.1, -0.05) is 24.3 Å². The number of benzene rings is 2. The van der Waals surface area contributed by atoms with Crippen molar-refractivity contribution in [1.29, 1.82) is 0 Å². The number of rotatable bonds is 6. The summed E-state index contributed by atoms with van der Waals surface area (Å²) in [5.41, 5.74) is 3.08. The van der Waals surface area contributed by atoms with Crippen molar-refractivity contribution >= 4 is 23.1 Å². The fraction of sp³-hybridized carbons (Fsp3) is 0.481. The van der Waals surface area contributed by atoms with E-state index in [2.05, 4.69) is 20.9 Å². The maximum atomic E-state index is 13.4. The van der Waals surface area contributed by atoms with E-state index in [1.807, 2.05) is 42.2 Å². The number of hydrogen-bond donors (Lipinski definition) is 1. The molecule has 3 aromatic rings. The fourth-order valence-electron chi connectivity index (χ4n) is 5.34. The van der Waals surface area contributed by atoms with Crippen LogP contribution in [0.25, 0.3) is 11.0 Å². The Hall–Kier alpha value is -3.13. The standard InChI is InChI=1S/C27H34FN5O2/c1-2-35-27(34)32-17-13-23(14-18-32)31-15-11-22(12-16-31)29-26-30-24-5-3-4-6-25(24)33(26)19-20-7-9-21(28)10-8-20/h3-10,22-23H,2,11-19H2,1H3,(H,29,30). The average molecular weight is 480 g/mol. The van der Waals surface area contributed by atoms with Crippen molar-refractivity contribution in [3.63, 3.8) is 0 Å². The number of anilines is 1. The highest BCUT2D eigenvalue weighted by Gasteiger charge is 2.30. The first-order valence-corrected chi connectivity index (χ1v) is 12.7. The molecule has 3 heterocycles. The number of fused-ring (bicyclic) bond motifs is 1. The molecule has 0 saturated carbocycles. The number of halogens is 1. The summed E-state index contributed by atoms with van der Waals surface area (Å²) in [6.07, 6.45) is 3.93. The lowest BCUT2D eigenvalue weighted by Crippen LogP contribution is -2.50. The van der Waals surface area contributed by atoms with E-state index in [4.69, 9.17) is 9.72 Å². The second-order valence-electron chi connectivity index (χ2n) is 9.51. The first-order valence-electron chi connectivity index (χ1n) is 12.7. The minimum Gasteiger partial charge on any atom is -0.450 e. The topological polar surface area (TPSA) is 62.6 Å². The summed E-state index contributed by atoms with van der Waals surface area (Å²) in [6, 6.07) is 15.7. The maximum absolute atomic E-state index is 13.4. The van der Waals surface area contributed by atoms with Crippen LogP contribution in [0.4, 0.5) is 15.1 Å². The molecule has 1 aromatic heterocycles. The molecule has 186 valence electrons. The SMILES string of the molecule is CCOC(=O)N1CCC(N2CCC(Nc3nc4ccccc4n3Cc3ccc(F)cc3)CC2)CC1. The third-order valence-electron chi connectivity index (χ3n) is 7.28. The van der Waals surface area contributed by atoms with Crippen molar-refractivity contribution in [2.75, 3.05) is 38.1 Å². The van der Waals surface area contributed by atoms with Crippen LogP contribution in [0, 0.1) is 5.82 Å². The molecular weight excluding hydrogens is 445 g/mol. The zero-order valence-electron chi connectivity index (χ0n) is 20.3. The van der Waals surface area contributed by atoms with Crippen LogP contribution in [0.3, 0.4) is 0 Å². The van der Waals surface area contributed by atoms with Crippen molar-refractivity contribution < 1.29 is 13.9 Å². The molecule has 2 aromatic carbocycles. The number of likely N-dealkylation sites (tertiary alicyclic amines) is 2. The fourth-order valence-corrected chi connectivity index (χ4v) is 5.34. The van der Waals surface area contributed by atoms with Crippen LogP contribution in [0.15, 0.2) is 48.5 Å². The van der Waals surface area contributed by atoms with Crippen LogP contribution in [0.2, 0.25) is 0 Å². The second-order valence-corrected chi connectivity index (χ2v) is 9.51. The van der Waals surface area contributed by atoms with E-state index in [0.29, 0.717) is 25.2 Å². The Kier molecular flexibility index (Phi) is 7.18. The maximum Gasteiger partial charge on any atom is 0.409 e. The van der Waals surface area contributed by atoms with Crippen molar-refractivity contribution in [3.8, 4) is 0 Å². The van der Waals surface area contributed by atoms with Crippen molar-refractivity contribution in [3.05, 3.63) is 59.9 Å². The molecule has 0 aliphatic carbocycles. The number of carbonyl (C=O) groups is 1. The van der Waals surface area contributed by atoms with Gasteiger partial charge in [-0.05, 0) is 62.4 Å². The first-order chi connectivity index (χ1) is 17.1. The Morgan fingerprint density at radius 1 is 1.03 bits per heavy atom. The molecule has 8 heteroatoms. The molecular formula is C27H34FN5O2. The monoisotopic (exact) mass is 479 g/mol. The summed E-state index contributed by atoms with van der Waals surface area (Å²) in [5.74, 6) is 0.651. The summed E-state index contributed by atoms with van der Waals surface area (Å²) < 4.78 is 20.7. The summed E-state index contributed by atoms with van der Waals surface area (Å²) in [4.78, 5) is 21.3. The van der Waals surface area contributed by atoms with Gasteiger partial charge in [-0.25, -0.2) is 14.2 Å². The van der Waals surface area contributed by atoms with Crippen LogP contribution in [0.1, 0.15) is 38.2 Å². The zero-order valence-corrected chi connectivity index (χ0v) is 20.3. The van der Waals surface area contributed by atoms with Crippen LogP contribution in [-0.2, 0) is 11.3 Å². The van der Waals surface area contributed by atoms with Gasteiger partial charge in [0.25, 0.3) is 0 Å². The van der Waals surface area contributed by atoms with Crippen LogP contribution in [0.5, 0.6) is 0 Å². The largest absolute Gasteiger partial charge is 0.450 e. The molecule has 0 radical (unpaired) electrons. The number of aromatic nitrogens is 2. The molecule has 7 nitrogen and oxygen atoms in total. The molecule has 1 amide bonds. The Morgan fingerprint density at radius 2 is 1.74 bits per heavy atom. The van der Waals surface area contributed by atoms with Crippen LogP contribution >= 0.6 is 0 Å². The quantitative estimate of drug-likeness (QED) is 0.554. The molecule has 35 heavy (non-hydrogen) atoms. The number of para-hydroxylation sites is 2. The molecule has 2 fully saturated rings. The highest BCUT2D eigenvalue weighted by molar-refractivity contribution is 5.78. The Labute approximate surface area is 205 Å². The van der Waals surface area contributed by atoms with E-state index >= 15 is 0 Å². The van der Waals surface area contributed by atoms with Gasteiger partial charge in [-0.3, -0.25) is 0 Å². The minimum atomic E-state index is -0.221. The van der Waals surface area contributed by atoms with Gasteiger partial charge < -0.3 is 24.4 Å². The van der Waals surface area contributed by atoms with Gasteiger partial charge in [0.1, 0.15) is 5.82 Å². The number of nitrogens with zero attached hydrogens (tertiary/aromatic N) is 4. The molecule has 1 N–H and O–H groups in total. The first kappa shape index (κ1) is 23.6. The molecule has 0 unspecified atom stereocenters. The lowest BCUT2D eigenvalue weighted by atomic mass is 9.98. The highest BCUT2D eigenvalue weighted by atomic mass is 19.1. The number of ether oxygens (including phenoxy) is 1. The third kappa shape index (κ3) is 5.42. The molecule has 2 aliphatic rings. The van der Waals surface area contributed by atoms with Gasteiger partial charge in [0.15, 0.2) is 0 Å². The van der Waals surface area contributed by atoms with E-state index in [1.54, 1.807) is 0 Å². The van der Waals surface area contributed by atoms with Crippen LogP contribution < -0.4 is 5.32 Å². The molecule has 0 bridgehead atoms. The number of nitrogens with one attached hydrogen (secondary N) is 1. The molecule has 2 aliphatic heterocycles. The Bertz CT molecular complexity index is 1130. The van der Waals surface area contributed by atoms with Crippen molar-refractivity contribution in [2.24, 2.45) is 0 Å². The third-order valence-corrected chi connectivity index (χ3v) is 7.28. The van der Waals surface area contributed by atoms with Gasteiger partial charge in [-0.15, -0.1) is 0 Å². The van der Waals surface area contributed by atoms with Crippen LogP contribution in [-0.4, -0.2) is 70.3 Å². The van der Waals surface area contributed by atoms with E-state index < -0.39 is 0 Å². The molecule has 5 rings (SSSR count). The Morgan fingerprint density at radius 3 is 2.46 bits per heavy atom. The molecule has 0 atom stereocenters. The van der Waals surface area contributed by atoms with Gasteiger partial charge >= 0.3 is 6.09 Å². The number of carbonyl (C=O) groups excluding carboxylic acids is 1. The molecule has 0 spiro atoms. The van der Waals surface area contributed by atoms with E-state index in [0.717, 1.165) is 74.4 Å². The smallest absolute Gasteiger partial charge is 0.409 e. The summed E-state index contributed by atoms with van der Waals surface area (Å²) in [7, 11) is 0. The average Bonchev–Trinajstić information content (AvgIpc) is 3.23. The lowest BCUT2D eigenvalue weighted by Gasteiger charge is -2.41. The van der Waals surface area contributed by atoms with Gasteiger partial charge in [0.2, 0.25) is 5.95 Å². The summed E-state index contributed by atoms with van der Waals surface area (Å²) in [6.45, 7) is 6.54. The summed E-state index contributed by atoms with van der Waals surface area (Å²) >= 11 is 0.